The van der Waals surface area contributed by atoms with Crippen LogP contribution in [0, 0.1) is 0 Å². The summed E-state index contributed by atoms with van der Waals surface area (Å²) < 4.78 is 37.3. The number of thioether (sulfide) groups is 1. The van der Waals surface area contributed by atoms with Crippen molar-refractivity contribution in [3.05, 3.63) is 39.8 Å². The van der Waals surface area contributed by atoms with Crippen molar-refractivity contribution >= 4 is 35.0 Å². The number of aromatic hydroxyl groups is 1. The first-order chi connectivity index (χ1) is 9.79. The SMILES string of the molecule is Oc1nc(SCc2c(Cl)cncc2Cl)ncc1C(F)(F)F. The van der Waals surface area contributed by atoms with Gasteiger partial charge in [-0.25, -0.2) is 4.98 Å². The van der Waals surface area contributed by atoms with Gasteiger partial charge in [-0.15, -0.1) is 0 Å². The Balaban J connectivity index is 2.16. The van der Waals surface area contributed by atoms with E-state index in [1.807, 2.05) is 0 Å². The second kappa shape index (κ2) is 6.25. The maximum atomic E-state index is 12.4. The molecule has 0 fully saturated rings. The van der Waals surface area contributed by atoms with Gasteiger partial charge in [-0.1, -0.05) is 35.0 Å². The van der Waals surface area contributed by atoms with Crippen LogP contribution in [0.15, 0.2) is 23.7 Å². The van der Waals surface area contributed by atoms with E-state index in [4.69, 9.17) is 23.2 Å². The molecule has 0 saturated heterocycles. The minimum Gasteiger partial charge on any atom is -0.493 e. The summed E-state index contributed by atoms with van der Waals surface area (Å²) >= 11 is 12.8. The number of pyridine rings is 1. The van der Waals surface area contributed by atoms with Gasteiger partial charge in [0, 0.05) is 29.9 Å². The zero-order valence-corrected chi connectivity index (χ0v) is 12.4. The Morgan fingerprint density at radius 3 is 2.29 bits per heavy atom. The van der Waals surface area contributed by atoms with Crippen molar-refractivity contribution in [2.45, 2.75) is 17.1 Å². The fourth-order valence-electron chi connectivity index (χ4n) is 1.34. The van der Waals surface area contributed by atoms with E-state index in [-0.39, 0.29) is 10.9 Å². The molecule has 112 valence electrons. The van der Waals surface area contributed by atoms with Gasteiger partial charge in [-0.3, -0.25) is 4.98 Å². The van der Waals surface area contributed by atoms with Crippen LogP contribution in [0.3, 0.4) is 0 Å². The quantitative estimate of drug-likeness (QED) is 0.660. The number of alkyl halides is 3. The highest BCUT2D eigenvalue weighted by Gasteiger charge is 2.35. The molecule has 0 saturated carbocycles. The van der Waals surface area contributed by atoms with E-state index in [1.54, 1.807) is 0 Å². The Morgan fingerprint density at radius 2 is 1.76 bits per heavy atom. The summed E-state index contributed by atoms with van der Waals surface area (Å²) in [6, 6.07) is 0. The van der Waals surface area contributed by atoms with Gasteiger partial charge < -0.3 is 5.11 Å². The molecule has 2 aromatic heterocycles. The topological polar surface area (TPSA) is 58.9 Å². The molecule has 0 aliphatic heterocycles. The molecule has 0 aromatic carbocycles. The molecular weight excluding hydrogens is 350 g/mol. The molecule has 2 rings (SSSR count). The first-order valence-electron chi connectivity index (χ1n) is 5.33. The Morgan fingerprint density at radius 1 is 1.14 bits per heavy atom. The van der Waals surface area contributed by atoms with Crippen LogP contribution in [0.2, 0.25) is 10.0 Å². The van der Waals surface area contributed by atoms with Gasteiger partial charge in [0.15, 0.2) is 5.16 Å². The zero-order valence-electron chi connectivity index (χ0n) is 10.0. The summed E-state index contributed by atoms with van der Waals surface area (Å²) in [5, 5.41) is 9.91. The van der Waals surface area contributed by atoms with Crippen molar-refractivity contribution in [1.82, 2.24) is 15.0 Å². The van der Waals surface area contributed by atoms with Crippen LogP contribution in [-0.4, -0.2) is 20.1 Å². The molecule has 2 aromatic rings. The maximum Gasteiger partial charge on any atom is 0.423 e. The van der Waals surface area contributed by atoms with Crippen molar-refractivity contribution < 1.29 is 18.3 Å². The van der Waals surface area contributed by atoms with Crippen LogP contribution >= 0.6 is 35.0 Å². The molecule has 0 aliphatic carbocycles. The highest BCUT2D eigenvalue weighted by molar-refractivity contribution is 7.98. The number of nitrogens with zero attached hydrogens (tertiary/aromatic N) is 3. The fourth-order valence-corrected chi connectivity index (χ4v) is 2.86. The lowest BCUT2D eigenvalue weighted by molar-refractivity contribution is -0.139. The van der Waals surface area contributed by atoms with Gasteiger partial charge in [-0.2, -0.15) is 18.2 Å². The molecule has 0 radical (unpaired) electrons. The average Bonchev–Trinajstić information content (AvgIpc) is 2.36. The van der Waals surface area contributed by atoms with E-state index in [1.165, 1.54) is 12.4 Å². The molecule has 21 heavy (non-hydrogen) atoms. The minimum absolute atomic E-state index is 0.0237. The molecule has 0 atom stereocenters. The van der Waals surface area contributed by atoms with E-state index >= 15 is 0 Å². The molecule has 0 bridgehead atoms. The molecular formula is C11H6Cl2F3N3OS. The number of hydrogen-bond donors (Lipinski definition) is 1. The predicted molar refractivity (Wildman–Crippen MR) is 72.5 cm³/mol. The molecule has 0 amide bonds. The van der Waals surface area contributed by atoms with E-state index < -0.39 is 17.6 Å². The van der Waals surface area contributed by atoms with Crippen molar-refractivity contribution in [3.63, 3.8) is 0 Å². The number of halogens is 5. The normalized spacial score (nSPS) is 11.7. The average molecular weight is 356 g/mol. The summed E-state index contributed by atoms with van der Waals surface area (Å²) in [6.07, 6.45) is -1.38. The third-order valence-electron chi connectivity index (χ3n) is 2.35. The largest absolute Gasteiger partial charge is 0.493 e. The molecule has 1 N–H and O–H groups in total. The number of hydrogen-bond acceptors (Lipinski definition) is 5. The van der Waals surface area contributed by atoms with E-state index in [0.29, 0.717) is 21.8 Å². The lowest BCUT2D eigenvalue weighted by Crippen LogP contribution is -2.07. The number of rotatable bonds is 3. The standard InChI is InChI=1S/C11H6Cl2F3N3OS/c12-7-2-17-3-8(13)5(7)4-21-10-18-1-6(9(20)19-10)11(14,15)16/h1-3H,4H2,(H,18,19,20). The summed E-state index contributed by atoms with van der Waals surface area (Å²) in [5.74, 6) is -0.891. The third-order valence-corrected chi connectivity index (χ3v) is 3.89. The number of aromatic nitrogens is 3. The molecule has 0 spiro atoms. The van der Waals surface area contributed by atoms with Crippen LogP contribution in [0.1, 0.15) is 11.1 Å². The Hall–Kier alpha value is -1.25. The van der Waals surface area contributed by atoms with Gasteiger partial charge in [0.25, 0.3) is 0 Å². The third kappa shape index (κ3) is 3.90. The Kier molecular flexibility index (Phi) is 4.80. The van der Waals surface area contributed by atoms with Crippen LogP contribution in [0.25, 0.3) is 0 Å². The van der Waals surface area contributed by atoms with Crippen LogP contribution in [0.4, 0.5) is 13.2 Å². The van der Waals surface area contributed by atoms with E-state index in [0.717, 1.165) is 11.8 Å². The Bertz CT molecular complexity index is 649. The predicted octanol–water partition coefficient (Wildman–Crippen LogP) is 4.20. The highest BCUT2D eigenvalue weighted by atomic mass is 35.5. The molecule has 0 unspecified atom stereocenters. The summed E-state index contributed by atoms with van der Waals surface area (Å²) in [4.78, 5) is 10.7. The molecule has 4 nitrogen and oxygen atoms in total. The monoisotopic (exact) mass is 355 g/mol. The lowest BCUT2D eigenvalue weighted by atomic mass is 10.3. The Labute approximate surface area is 131 Å². The minimum atomic E-state index is -4.70. The molecule has 10 heteroatoms. The van der Waals surface area contributed by atoms with Crippen molar-refractivity contribution in [3.8, 4) is 5.88 Å². The van der Waals surface area contributed by atoms with Gasteiger partial charge in [0.2, 0.25) is 5.88 Å². The van der Waals surface area contributed by atoms with Gasteiger partial charge in [0.05, 0.1) is 10.0 Å². The van der Waals surface area contributed by atoms with Crippen molar-refractivity contribution in [2.75, 3.05) is 0 Å². The van der Waals surface area contributed by atoms with Gasteiger partial charge >= 0.3 is 6.18 Å². The van der Waals surface area contributed by atoms with E-state index in [9.17, 15) is 18.3 Å². The first kappa shape index (κ1) is 16.1. The first-order valence-corrected chi connectivity index (χ1v) is 7.07. The lowest BCUT2D eigenvalue weighted by Gasteiger charge is -2.09. The van der Waals surface area contributed by atoms with Gasteiger partial charge in [-0.05, 0) is 0 Å². The van der Waals surface area contributed by atoms with Crippen molar-refractivity contribution in [2.24, 2.45) is 0 Å². The second-order valence-electron chi connectivity index (χ2n) is 3.76. The summed E-state index contributed by atoms with van der Waals surface area (Å²) in [7, 11) is 0. The smallest absolute Gasteiger partial charge is 0.423 e. The summed E-state index contributed by atoms with van der Waals surface area (Å²) in [5.41, 5.74) is -0.729. The van der Waals surface area contributed by atoms with Gasteiger partial charge in [0.1, 0.15) is 5.56 Å². The van der Waals surface area contributed by atoms with Crippen LogP contribution in [-0.2, 0) is 11.9 Å². The van der Waals surface area contributed by atoms with Crippen molar-refractivity contribution in [1.29, 1.82) is 0 Å². The summed E-state index contributed by atoms with van der Waals surface area (Å²) in [6.45, 7) is 0. The van der Waals surface area contributed by atoms with E-state index in [2.05, 4.69) is 15.0 Å². The fraction of sp³-hybridized carbons (Fsp3) is 0.182. The van der Waals surface area contributed by atoms with Crippen LogP contribution < -0.4 is 0 Å². The molecule has 0 aliphatic rings. The zero-order chi connectivity index (χ0) is 15.6. The second-order valence-corrected chi connectivity index (χ2v) is 5.51. The van der Waals surface area contributed by atoms with Crippen LogP contribution in [0.5, 0.6) is 5.88 Å². The maximum absolute atomic E-state index is 12.4. The molecule has 2 heterocycles. The highest BCUT2D eigenvalue weighted by Crippen LogP contribution is 2.35.